The van der Waals surface area contributed by atoms with Crippen molar-refractivity contribution in [2.24, 2.45) is 5.73 Å². The van der Waals surface area contributed by atoms with Crippen LogP contribution < -0.4 is 5.73 Å². The third-order valence-electron chi connectivity index (χ3n) is 2.39. The molecule has 19 heavy (non-hydrogen) atoms. The molecular weight excluding hydrogens is 292 g/mol. The van der Waals surface area contributed by atoms with E-state index in [0.717, 1.165) is 21.7 Å². The number of aromatic carboxylic acids is 1. The number of likely N-dealkylation sites (N-methyl/N-ethyl adjacent to an activating group) is 1. The van der Waals surface area contributed by atoms with Gasteiger partial charge in [0.05, 0.1) is 11.4 Å². The molecule has 106 valence electrons. The van der Waals surface area contributed by atoms with E-state index in [2.05, 4.69) is 0 Å². The van der Waals surface area contributed by atoms with Gasteiger partial charge in [-0.15, -0.1) is 11.3 Å². The van der Waals surface area contributed by atoms with Crippen molar-refractivity contribution in [1.82, 2.24) is 4.31 Å². The minimum Gasteiger partial charge on any atom is -0.477 e. The van der Waals surface area contributed by atoms with E-state index in [9.17, 15) is 18.0 Å². The molecule has 0 aliphatic rings. The molecule has 0 radical (unpaired) electrons. The summed E-state index contributed by atoms with van der Waals surface area (Å²) in [6, 6.07) is 1.10. The average Bonchev–Trinajstić information content (AvgIpc) is 2.68. The summed E-state index contributed by atoms with van der Waals surface area (Å²) in [4.78, 5) is 21.9. The number of aryl methyl sites for hydroxylation is 1. The van der Waals surface area contributed by atoms with Crippen LogP contribution in [0.5, 0.6) is 0 Å². The van der Waals surface area contributed by atoms with E-state index in [4.69, 9.17) is 10.8 Å². The highest BCUT2D eigenvalue weighted by molar-refractivity contribution is 7.89. The zero-order valence-electron chi connectivity index (χ0n) is 10.4. The molecule has 7 nitrogen and oxygen atoms in total. The van der Waals surface area contributed by atoms with Gasteiger partial charge in [0.1, 0.15) is 4.88 Å². The molecule has 0 saturated carbocycles. The fraction of sp³-hybridized carbons (Fsp3) is 0.400. The zero-order valence-corrected chi connectivity index (χ0v) is 12.0. The SMILES string of the molecule is CCN(CC(N)=O)S(=O)(=O)c1cc(C(=O)O)sc1C. The number of sulfonamides is 1. The van der Waals surface area contributed by atoms with Crippen LogP contribution in [0.25, 0.3) is 0 Å². The summed E-state index contributed by atoms with van der Waals surface area (Å²) in [7, 11) is -3.91. The Morgan fingerprint density at radius 1 is 1.47 bits per heavy atom. The summed E-state index contributed by atoms with van der Waals surface area (Å²) in [5.74, 6) is -1.95. The number of hydrogen-bond donors (Lipinski definition) is 2. The second kappa shape index (κ2) is 5.68. The molecule has 1 rings (SSSR count). The number of carboxylic acids is 1. The Morgan fingerprint density at radius 2 is 2.05 bits per heavy atom. The van der Waals surface area contributed by atoms with Crippen molar-refractivity contribution in [3.63, 3.8) is 0 Å². The first kappa shape index (κ1) is 15.6. The number of carbonyl (C=O) groups excluding carboxylic acids is 1. The minimum absolute atomic E-state index is 0.0637. The van der Waals surface area contributed by atoms with Crippen molar-refractivity contribution in [3.8, 4) is 0 Å². The van der Waals surface area contributed by atoms with E-state index in [1.165, 1.54) is 6.92 Å². The quantitative estimate of drug-likeness (QED) is 0.781. The van der Waals surface area contributed by atoms with Crippen LogP contribution in [-0.4, -0.2) is 42.8 Å². The van der Waals surface area contributed by atoms with Gasteiger partial charge in [-0.05, 0) is 13.0 Å². The molecule has 0 unspecified atom stereocenters. The van der Waals surface area contributed by atoms with Crippen LogP contribution in [-0.2, 0) is 14.8 Å². The van der Waals surface area contributed by atoms with Gasteiger partial charge in [-0.25, -0.2) is 13.2 Å². The second-order valence-corrected chi connectivity index (χ2v) is 6.90. The maximum Gasteiger partial charge on any atom is 0.345 e. The Morgan fingerprint density at radius 3 is 2.42 bits per heavy atom. The van der Waals surface area contributed by atoms with Crippen LogP contribution >= 0.6 is 11.3 Å². The van der Waals surface area contributed by atoms with Gasteiger partial charge in [-0.1, -0.05) is 6.92 Å². The molecule has 0 fully saturated rings. The summed E-state index contributed by atoms with van der Waals surface area (Å²) in [5, 5.41) is 8.86. The maximum absolute atomic E-state index is 12.3. The van der Waals surface area contributed by atoms with Crippen LogP contribution in [0.2, 0.25) is 0 Å². The smallest absolute Gasteiger partial charge is 0.345 e. The number of nitrogens with zero attached hydrogens (tertiary/aromatic N) is 1. The molecule has 9 heteroatoms. The van der Waals surface area contributed by atoms with Crippen molar-refractivity contribution < 1.29 is 23.1 Å². The van der Waals surface area contributed by atoms with Gasteiger partial charge in [0.2, 0.25) is 15.9 Å². The third-order valence-corrected chi connectivity index (χ3v) is 5.60. The van der Waals surface area contributed by atoms with Gasteiger partial charge in [0.15, 0.2) is 0 Å². The first-order valence-electron chi connectivity index (χ1n) is 5.32. The van der Waals surface area contributed by atoms with Crippen molar-refractivity contribution in [3.05, 3.63) is 15.8 Å². The van der Waals surface area contributed by atoms with E-state index < -0.39 is 28.4 Å². The fourth-order valence-corrected chi connectivity index (χ4v) is 4.32. The number of primary amides is 1. The Bertz CT molecular complexity index is 605. The topological polar surface area (TPSA) is 118 Å². The molecule has 0 aromatic carbocycles. The summed E-state index contributed by atoms with van der Waals surface area (Å²) < 4.78 is 25.5. The average molecular weight is 306 g/mol. The number of rotatable bonds is 6. The molecule has 0 aliphatic heterocycles. The van der Waals surface area contributed by atoms with Crippen LogP contribution in [0.3, 0.4) is 0 Å². The van der Waals surface area contributed by atoms with E-state index in [-0.39, 0.29) is 16.3 Å². The van der Waals surface area contributed by atoms with Crippen LogP contribution in [0.4, 0.5) is 0 Å². The molecule has 0 spiro atoms. The first-order chi connectivity index (χ1) is 8.70. The van der Waals surface area contributed by atoms with E-state index in [1.807, 2.05) is 0 Å². The van der Waals surface area contributed by atoms with Gasteiger partial charge in [-0.3, -0.25) is 4.79 Å². The fourth-order valence-electron chi connectivity index (χ4n) is 1.51. The highest BCUT2D eigenvalue weighted by Gasteiger charge is 2.28. The molecule has 1 aromatic rings. The van der Waals surface area contributed by atoms with Crippen molar-refractivity contribution in [2.45, 2.75) is 18.7 Å². The Balaban J connectivity index is 3.25. The monoisotopic (exact) mass is 306 g/mol. The summed E-state index contributed by atoms with van der Waals surface area (Å²) >= 11 is 0.875. The molecular formula is C10H14N2O5S2. The molecule has 0 atom stereocenters. The number of amides is 1. The number of carboxylic acid groups (broad SMARTS) is 1. The Hall–Kier alpha value is -1.45. The second-order valence-electron chi connectivity index (χ2n) is 3.73. The lowest BCUT2D eigenvalue weighted by Gasteiger charge is -2.18. The summed E-state index contributed by atoms with van der Waals surface area (Å²) in [6.45, 7) is 2.72. The zero-order chi connectivity index (χ0) is 14.8. The number of hydrogen-bond acceptors (Lipinski definition) is 5. The largest absolute Gasteiger partial charge is 0.477 e. The van der Waals surface area contributed by atoms with Crippen LogP contribution in [0.1, 0.15) is 21.5 Å². The molecule has 3 N–H and O–H groups in total. The van der Waals surface area contributed by atoms with Crippen LogP contribution in [0, 0.1) is 6.92 Å². The number of carbonyl (C=O) groups is 2. The lowest BCUT2D eigenvalue weighted by Crippen LogP contribution is -2.38. The van der Waals surface area contributed by atoms with Gasteiger partial charge in [0, 0.05) is 11.4 Å². The van der Waals surface area contributed by atoms with Gasteiger partial charge in [0.25, 0.3) is 0 Å². The van der Waals surface area contributed by atoms with Crippen molar-refractivity contribution in [1.29, 1.82) is 0 Å². The van der Waals surface area contributed by atoms with Crippen molar-refractivity contribution >= 4 is 33.2 Å². The molecule has 1 heterocycles. The highest BCUT2D eigenvalue weighted by atomic mass is 32.2. The first-order valence-corrected chi connectivity index (χ1v) is 7.58. The molecule has 1 aromatic heterocycles. The predicted molar refractivity (Wildman–Crippen MR) is 69.6 cm³/mol. The van der Waals surface area contributed by atoms with E-state index >= 15 is 0 Å². The lowest BCUT2D eigenvalue weighted by molar-refractivity contribution is -0.118. The predicted octanol–water partition coefficient (Wildman–Crippen LogP) is 0.251. The molecule has 0 aliphatic carbocycles. The van der Waals surface area contributed by atoms with Crippen LogP contribution in [0.15, 0.2) is 11.0 Å². The highest BCUT2D eigenvalue weighted by Crippen LogP contribution is 2.28. The Labute approximate surface area is 114 Å². The van der Waals surface area contributed by atoms with Gasteiger partial charge < -0.3 is 10.8 Å². The van der Waals surface area contributed by atoms with Crippen molar-refractivity contribution in [2.75, 3.05) is 13.1 Å². The van der Waals surface area contributed by atoms with Gasteiger partial charge >= 0.3 is 5.97 Å². The molecule has 0 saturated heterocycles. The summed E-state index contributed by atoms with van der Waals surface area (Å²) in [5.41, 5.74) is 5.00. The van der Waals surface area contributed by atoms with E-state index in [0.29, 0.717) is 4.88 Å². The number of nitrogens with two attached hydrogens (primary N) is 1. The standard InChI is InChI=1S/C10H14N2O5S2/c1-3-12(5-9(11)13)19(16,17)8-4-7(10(14)15)18-6(8)2/h4H,3,5H2,1-2H3,(H2,11,13)(H,14,15). The van der Waals surface area contributed by atoms with E-state index in [1.54, 1.807) is 6.92 Å². The van der Waals surface area contributed by atoms with Gasteiger partial charge in [-0.2, -0.15) is 4.31 Å². The Kier molecular flexibility index (Phi) is 4.66. The third kappa shape index (κ3) is 3.31. The summed E-state index contributed by atoms with van der Waals surface area (Å²) in [6.07, 6.45) is 0. The molecule has 1 amide bonds. The number of thiophene rings is 1. The lowest BCUT2D eigenvalue weighted by atomic mass is 10.4. The molecule has 0 bridgehead atoms. The minimum atomic E-state index is -3.91. The maximum atomic E-state index is 12.3. The normalized spacial score (nSPS) is 11.7.